The van der Waals surface area contributed by atoms with Gasteiger partial charge in [-0.25, -0.2) is 0 Å². The van der Waals surface area contributed by atoms with Crippen LogP contribution in [0.1, 0.15) is 46.2 Å². The third-order valence-corrected chi connectivity index (χ3v) is 8.87. The van der Waals surface area contributed by atoms with Crippen LogP contribution < -0.4 is 29.6 Å². The molecule has 50 heavy (non-hydrogen) atoms. The van der Waals surface area contributed by atoms with Gasteiger partial charge in [-0.2, -0.15) is 0 Å². The van der Waals surface area contributed by atoms with Gasteiger partial charge in [-0.3, -0.25) is 9.59 Å². The summed E-state index contributed by atoms with van der Waals surface area (Å²) in [5.74, 6) is 0.414. The fourth-order valence-electron chi connectivity index (χ4n) is 5.44. The van der Waals surface area contributed by atoms with Crippen LogP contribution in [0.15, 0.2) is 60.7 Å². The van der Waals surface area contributed by atoms with Gasteiger partial charge in [0, 0.05) is 49.4 Å². The number of ether oxygens (including phenoxy) is 4. The first-order valence-corrected chi connectivity index (χ1v) is 16.8. The zero-order valence-corrected chi connectivity index (χ0v) is 30.0. The van der Waals surface area contributed by atoms with Crippen LogP contribution in [0.4, 0.5) is 0 Å². The fourth-order valence-corrected chi connectivity index (χ4v) is 5.92. The van der Waals surface area contributed by atoms with E-state index in [-0.39, 0.29) is 26.1 Å². The summed E-state index contributed by atoms with van der Waals surface area (Å²) in [6, 6.07) is 19.2. The number of halogens is 2. The van der Waals surface area contributed by atoms with Crippen molar-refractivity contribution in [2.45, 2.75) is 53.0 Å². The monoisotopic (exact) mass is 724 g/mol. The van der Waals surface area contributed by atoms with Crippen molar-refractivity contribution in [2.75, 3.05) is 27.3 Å². The third kappa shape index (κ3) is 10.3. The number of rotatable bonds is 19. The van der Waals surface area contributed by atoms with E-state index in [1.54, 1.807) is 38.5 Å². The molecular weight excluding hydrogens is 683 g/mol. The van der Waals surface area contributed by atoms with Crippen LogP contribution in [-0.2, 0) is 35.9 Å². The van der Waals surface area contributed by atoms with E-state index in [0.29, 0.717) is 59.2 Å². The minimum atomic E-state index is -0.866. The number of carboxylic acids is 2. The number of nitrogens with one attached hydrogen (secondary N) is 2. The van der Waals surface area contributed by atoms with Gasteiger partial charge in [0.15, 0.2) is 0 Å². The molecule has 0 bridgehead atoms. The van der Waals surface area contributed by atoms with Crippen LogP contribution in [0.5, 0.6) is 23.0 Å². The molecule has 4 rings (SSSR count). The van der Waals surface area contributed by atoms with Crippen molar-refractivity contribution >= 4 is 35.1 Å². The van der Waals surface area contributed by atoms with E-state index in [4.69, 9.17) is 52.4 Å². The van der Waals surface area contributed by atoms with Crippen molar-refractivity contribution in [3.63, 3.8) is 0 Å². The second kappa shape index (κ2) is 18.5. The van der Waals surface area contributed by atoms with E-state index >= 15 is 0 Å². The Morgan fingerprint density at radius 1 is 0.620 bits per heavy atom. The molecule has 0 aliphatic carbocycles. The number of carboxylic acid groups (broad SMARTS) is 2. The smallest absolute Gasteiger partial charge is 0.304 e. The maximum Gasteiger partial charge on any atom is 0.304 e. The molecule has 0 saturated carbocycles. The summed E-state index contributed by atoms with van der Waals surface area (Å²) in [5, 5.41) is 24.8. The Morgan fingerprint density at radius 2 is 1.02 bits per heavy atom. The molecule has 0 aliphatic rings. The number of benzene rings is 4. The Morgan fingerprint density at radius 3 is 1.38 bits per heavy atom. The van der Waals surface area contributed by atoms with E-state index in [0.717, 1.165) is 44.5 Å². The molecule has 4 aromatic carbocycles. The molecule has 0 aliphatic heterocycles. The molecule has 0 aromatic heterocycles. The quantitative estimate of drug-likeness (QED) is 0.0717. The Kier molecular flexibility index (Phi) is 14.2. The lowest BCUT2D eigenvalue weighted by atomic mass is 9.92. The summed E-state index contributed by atoms with van der Waals surface area (Å²) in [7, 11) is 3.13. The molecule has 10 nitrogen and oxygen atoms in total. The summed E-state index contributed by atoms with van der Waals surface area (Å²) in [6.07, 6.45) is 0.0383. The molecule has 4 aromatic rings. The number of hydrogen-bond acceptors (Lipinski definition) is 8. The zero-order chi connectivity index (χ0) is 36.2. The van der Waals surface area contributed by atoms with Gasteiger partial charge in [-0.1, -0.05) is 59.6 Å². The molecule has 0 atom stereocenters. The van der Waals surface area contributed by atoms with Gasteiger partial charge in [0.25, 0.3) is 0 Å². The van der Waals surface area contributed by atoms with Gasteiger partial charge >= 0.3 is 11.9 Å². The maximum absolute atomic E-state index is 10.8. The molecule has 4 N–H and O–H groups in total. The highest BCUT2D eigenvalue weighted by Gasteiger charge is 2.16. The lowest BCUT2D eigenvalue weighted by Crippen LogP contribution is -2.18. The number of carbonyl (C=O) groups is 2. The lowest BCUT2D eigenvalue weighted by Gasteiger charge is -2.18. The van der Waals surface area contributed by atoms with Crippen molar-refractivity contribution in [3.05, 3.63) is 104 Å². The molecule has 0 saturated heterocycles. The largest absolute Gasteiger partial charge is 0.496 e. The van der Waals surface area contributed by atoms with Crippen LogP contribution in [0, 0.1) is 13.8 Å². The Hall–Kier alpha value is -4.48. The van der Waals surface area contributed by atoms with E-state index in [9.17, 15) is 9.59 Å². The Labute approximate surface area is 302 Å². The van der Waals surface area contributed by atoms with E-state index < -0.39 is 11.9 Å². The summed E-state index contributed by atoms with van der Waals surface area (Å²) in [4.78, 5) is 21.6. The van der Waals surface area contributed by atoms with Crippen molar-refractivity contribution in [1.82, 2.24) is 10.6 Å². The van der Waals surface area contributed by atoms with Crippen LogP contribution in [0.25, 0.3) is 11.1 Å². The molecule has 12 heteroatoms. The topological polar surface area (TPSA) is 136 Å². The van der Waals surface area contributed by atoms with Crippen molar-refractivity contribution in [1.29, 1.82) is 0 Å². The number of aliphatic carboxylic acids is 2. The van der Waals surface area contributed by atoms with Crippen molar-refractivity contribution in [2.24, 2.45) is 0 Å². The Bertz CT molecular complexity index is 1680. The first-order chi connectivity index (χ1) is 24.0. The van der Waals surface area contributed by atoms with Crippen molar-refractivity contribution in [3.8, 4) is 34.1 Å². The summed E-state index contributed by atoms with van der Waals surface area (Å²) in [6.45, 7) is 6.17. The first kappa shape index (κ1) is 38.3. The van der Waals surface area contributed by atoms with Gasteiger partial charge in [-0.05, 0) is 59.4 Å². The molecule has 266 valence electrons. The molecule has 0 spiro atoms. The SMILES string of the molecule is COc1cc(OCc2cccc(-c3cccc(COc4cc(OC)c(CNCCC(=O)O)cc4Cl)c3C)c2C)c(Cl)cc1CNCCC(=O)O. The van der Waals surface area contributed by atoms with Gasteiger partial charge in [-0.15, -0.1) is 0 Å². The standard InChI is InChI=1S/C38H42Cl2N2O8/c1-23-25(21-49-35-17-33(47-3)27(15-31(35)39)19-41-13-11-37(43)44)7-5-9-29(23)30-10-6-8-26(24(30)2)22-50-36-18-34(48-4)28(16-32(36)40)20-42-14-12-38(45)46/h5-10,15-18,41-42H,11-14,19-22H2,1-4H3,(H,43,44)(H,45,46). The highest BCUT2D eigenvalue weighted by atomic mass is 35.5. The average molecular weight is 726 g/mol. The second-order valence-corrected chi connectivity index (χ2v) is 12.4. The fraction of sp³-hybridized carbons (Fsp3) is 0.316. The van der Waals surface area contributed by atoms with Crippen LogP contribution in [0.2, 0.25) is 10.0 Å². The molecule has 0 heterocycles. The van der Waals surface area contributed by atoms with Gasteiger partial charge < -0.3 is 39.8 Å². The minimum Gasteiger partial charge on any atom is -0.496 e. The summed E-state index contributed by atoms with van der Waals surface area (Å²) >= 11 is 13.2. The number of hydrogen-bond donors (Lipinski definition) is 4. The molecule has 0 fully saturated rings. The second-order valence-electron chi connectivity index (χ2n) is 11.6. The van der Waals surface area contributed by atoms with Crippen LogP contribution in [0.3, 0.4) is 0 Å². The normalized spacial score (nSPS) is 10.9. The summed E-state index contributed by atoms with van der Waals surface area (Å²) < 4.78 is 23.5. The lowest BCUT2D eigenvalue weighted by molar-refractivity contribution is -0.137. The minimum absolute atomic E-state index is 0.0192. The average Bonchev–Trinajstić information content (AvgIpc) is 3.08. The molecular formula is C38H42Cl2N2O8. The predicted octanol–water partition coefficient (Wildman–Crippen LogP) is 7.58. The molecule has 0 unspecified atom stereocenters. The van der Waals surface area contributed by atoms with Crippen molar-refractivity contribution < 1.29 is 38.7 Å². The third-order valence-electron chi connectivity index (χ3n) is 8.28. The molecule has 0 amide bonds. The highest BCUT2D eigenvalue weighted by molar-refractivity contribution is 6.32. The van der Waals surface area contributed by atoms with Gasteiger partial charge in [0.05, 0.1) is 37.1 Å². The van der Waals surface area contributed by atoms with E-state index in [2.05, 4.69) is 36.6 Å². The van der Waals surface area contributed by atoms with Crippen LogP contribution in [-0.4, -0.2) is 49.5 Å². The summed E-state index contributed by atoms with van der Waals surface area (Å²) in [5.41, 5.74) is 7.85. The Balaban J connectivity index is 1.46. The van der Waals surface area contributed by atoms with E-state index in [1.165, 1.54) is 0 Å². The van der Waals surface area contributed by atoms with E-state index in [1.807, 2.05) is 24.3 Å². The molecule has 0 radical (unpaired) electrons. The van der Waals surface area contributed by atoms with Gasteiger partial charge in [0.2, 0.25) is 0 Å². The highest BCUT2D eigenvalue weighted by Crippen LogP contribution is 2.36. The zero-order valence-electron chi connectivity index (χ0n) is 28.5. The maximum atomic E-state index is 10.8. The predicted molar refractivity (Wildman–Crippen MR) is 194 cm³/mol. The van der Waals surface area contributed by atoms with Gasteiger partial charge in [0.1, 0.15) is 36.2 Å². The van der Waals surface area contributed by atoms with Crippen LogP contribution >= 0.6 is 23.2 Å². The first-order valence-electron chi connectivity index (χ1n) is 16.0. The number of methoxy groups -OCH3 is 2.